The molecule has 4 saturated carbocycles. The molecule has 0 aromatic carbocycles. The number of nitrogens with one attached hydrogen (secondary N) is 8. The summed E-state index contributed by atoms with van der Waals surface area (Å²) in [5.74, 6) is 5.97. The Morgan fingerprint density at radius 1 is 0.222 bits per heavy atom. The maximum Gasteiger partial charge on any atom is 0.0628 e. The van der Waals surface area contributed by atoms with Crippen molar-refractivity contribution in [1.29, 1.82) is 0 Å². The third-order valence-electron chi connectivity index (χ3n) is 13.8. The predicted molar refractivity (Wildman–Crippen MR) is 178 cm³/mol. The van der Waals surface area contributed by atoms with Gasteiger partial charge in [-0.1, -0.05) is 51.4 Å². The fourth-order valence-corrected chi connectivity index (χ4v) is 12.0. The van der Waals surface area contributed by atoms with Crippen LogP contribution in [0.15, 0.2) is 0 Å². The molecule has 0 amide bonds. The van der Waals surface area contributed by atoms with Crippen LogP contribution in [-0.2, 0) is 16.8 Å². The summed E-state index contributed by atoms with van der Waals surface area (Å²) in [6.07, 6.45) is 25.6. The molecular formula is C32H64CoN12-4. The van der Waals surface area contributed by atoms with Crippen molar-refractivity contribution in [2.75, 3.05) is 0 Å². The van der Waals surface area contributed by atoms with Crippen LogP contribution in [0.5, 0.6) is 0 Å². The Hall–Kier alpha value is 0.0265. The van der Waals surface area contributed by atoms with E-state index in [1.54, 1.807) is 0 Å². The van der Waals surface area contributed by atoms with Crippen LogP contribution in [0.3, 0.4) is 0 Å². The molecule has 8 bridgehead atoms. The smallest absolute Gasteiger partial charge is 0.0628 e. The standard InChI is InChI=1S/C32H56N8.Co.4H2N/c1-2-10-18-17(9-1)25-33-26(18)38-28-21-13-5-6-14-22(21)30(35-28)40-32-24-16-8-7-15-23(24)31(36-32)39-29-20-12-4-3-11-19(20)27(34-29)37-25;;;;;/h17-40H,1-16H2;;4*1H2/q;;4*-1. The van der Waals surface area contributed by atoms with E-state index in [1.807, 2.05) is 0 Å². The van der Waals surface area contributed by atoms with Crippen LogP contribution in [0.4, 0.5) is 0 Å². The van der Waals surface area contributed by atoms with E-state index in [0.29, 0.717) is 49.3 Å². The molecule has 5 saturated heterocycles. The molecule has 5 heterocycles. The maximum absolute atomic E-state index is 4.26. The van der Waals surface area contributed by atoms with Crippen LogP contribution >= 0.6 is 0 Å². The maximum atomic E-state index is 4.26. The zero-order valence-corrected chi connectivity index (χ0v) is 28.2. The van der Waals surface area contributed by atoms with E-state index in [2.05, 4.69) is 42.5 Å². The second kappa shape index (κ2) is 15.7. The first-order valence-electron chi connectivity index (χ1n) is 17.9. The SMILES string of the molecule is C1CCC2C3NC(NC4NC(NC5NC(NC6NC(N3)C3CCCCC63)C3CCCCC53)C3CCCCC43)C2C1.[Co].[NH2-].[NH2-].[NH2-].[NH2-]. The van der Waals surface area contributed by atoms with Crippen LogP contribution in [0.25, 0.3) is 24.6 Å². The van der Waals surface area contributed by atoms with Gasteiger partial charge in [0.2, 0.25) is 0 Å². The minimum atomic E-state index is 0. The van der Waals surface area contributed by atoms with Gasteiger partial charge in [0.25, 0.3) is 0 Å². The van der Waals surface area contributed by atoms with Gasteiger partial charge in [0, 0.05) is 16.8 Å². The van der Waals surface area contributed by atoms with Gasteiger partial charge in [0.1, 0.15) is 0 Å². The molecule has 5 aliphatic heterocycles. The quantitative estimate of drug-likeness (QED) is 0.164. The fraction of sp³-hybridized carbons (Fsp3) is 1.00. The Bertz CT molecular complexity index is 725. The molecule has 16 N–H and O–H groups in total. The normalized spacial score (nSPS) is 51.2. The Kier molecular flexibility index (Phi) is 13.2. The van der Waals surface area contributed by atoms with Gasteiger partial charge in [-0.2, -0.15) is 0 Å². The number of hydrogen-bond donors (Lipinski definition) is 8. The van der Waals surface area contributed by atoms with Crippen molar-refractivity contribution in [3.63, 3.8) is 0 Å². The van der Waals surface area contributed by atoms with E-state index in [-0.39, 0.29) is 41.4 Å². The summed E-state index contributed by atoms with van der Waals surface area (Å²) in [6.45, 7) is 0. The zero-order valence-electron chi connectivity index (χ0n) is 27.2. The van der Waals surface area contributed by atoms with Gasteiger partial charge >= 0.3 is 0 Å². The Morgan fingerprint density at radius 3 is 0.444 bits per heavy atom. The average molecular weight is 676 g/mol. The van der Waals surface area contributed by atoms with Crippen molar-refractivity contribution < 1.29 is 16.8 Å². The predicted octanol–water partition coefficient (Wildman–Crippen LogP) is 5.47. The molecule has 265 valence electrons. The molecule has 45 heavy (non-hydrogen) atoms. The topological polar surface area (TPSA) is 230 Å². The van der Waals surface area contributed by atoms with Gasteiger partial charge in [-0.3, -0.25) is 42.5 Å². The third-order valence-corrected chi connectivity index (χ3v) is 13.8. The molecule has 9 fully saturated rings. The van der Waals surface area contributed by atoms with Crippen molar-refractivity contribution in [3.05, 3.63) is 24.6 Å². The van der Waals surface area contributed by atoms with Gasteiger partial charge in [-0.05, 0) is 98.7 Å². The van der Waals surface area contributed by atoms with E-state index in [1.165, 1.54) is 103 Å². The summed E-state index contributed by atoms with van der Waals surface area (Å²) in [7, 11) is 0. The van der Waals surface area contributed by atoms with Gasteiger partial charge in [0.05, 0.1) is 49.3 Å². The molecule has 8 atom stereocenters. The van der Waals surface area contributed by atoms with Gasteiger partial charge < -0.3 is 24.6 Å². The molecule has 9 aliphatic rings. The van der Waals surface area contributed by atoms with E-state index >= 15 is 0 Å². The van der Waals surface area contributed by atoms with Crippen LogP contribution in [-0.4, -0.2) is 49.3 Å². The van der Waals surface area contributed by atoms with Crippen molar-refractivity contribution in [2.45, 2.75) is 152 Å². The van der Waals surface area contributed by atoms with Crippen molar-refractivity contribution >= 4 is 0 Å². The fourth-order valence-electron chi connectivity index (χ4n) is 12.0. The monoisotopic (exact) mass is 675 g/mol. The number of rotatable bonds is 0. The van der Waals surface area contributed by atoms with Crippen molar-refractivity contribution in [1.82, 2.24) is 42.5 Å². The summed E-state index contributed by atoms with van der Waals surface area (Å²) in [5, 5.41) is 33.8. The molecule has 0 aromatic rings. The van der Waals surface area contributed by atoms with E-state index in [0.717, 1.165) is 47.3 Å². The first kappa shape index (κ1) is 37.8. The Labute approximate surface area is 282 Å². The molecule has 0 spiro atoms. The molecule has 0 aromatic heterocycles. The minimum Gasteiger partial charge on any atom is -0.693 e. The molecular weight excluding hydrogens is 611 g/mol. The second-order valence-electron chi connectivity index (χ2n) is 15.6. The first-order valence-corrected chi connectivity index (χ1v) is 17.9. The van der Waals surface area contributed by atoms with E-state index < -0.39 is 0 Å². The van der Waals surface area contributed by atoms with E-state index in [4.69, 9.17) is 0 Å². The number of hydrogen-bond acceptors (Lipinski definition) is 8. The van der Waals surface area contributed by atoms with Crippen LogP contribution in [0, 0.1) is 47.3 Å². The summed E-state index contributed by atoms with van der Waals surface area (Å²) < 4.78 is 0. The minimum absolute atomic E-state index is 0. The van der Waals surface area contributed by atoms with Gasteiger partial charge in [-0.15, -0.1) is 0 Å². The largest absolute Gasteiger partial charge is 0.693 e. The Morgan fingerprint density at radius 2 is 0.333 bits per heavy atom. The van der Waals surface area contributed by atoms with Gasteiger partial charge in [0.15, 0.2) is 0 Å². The summed E-state index contributed by atoms with van der Waals surface area (Å²) in [4.78, 5) is 0. The molecule has 13 heteroatoms. The second-order valence-corrected chi connectivity index (χ2v) is 15.6. The molecule has 4 aliphatic carbocycles. The zero-order chi connectivity index (χ0) is 26.2. The summed E-state index contributed by atoms with van der Waals surface area (Å²) in [6, 6.07) is 0. The van der Waals surface area contributed by atoms with Crippen molar-refractivity contribution in [3.8, 4) is 0 Å². The summed E-state index contributed by atoms with van der Waals surface area (Å²) >= 11 is 0. The molecule has 9 rings (SSSR count). The average Bonchev–Trinajstić information content (AvgIpc) is 3.73. The third kappa shape index (κ3) is 6.66. The molecule has 12 nitrogen and oxygen atoms in total. The molecule has 8 unspecified atom stereocenters. The first-order chi connectivity index (χ1) is 19.8. The molecule has 1 radical (unpaired) electrons. The van der Waals surface area contributed by atoms with Crippen molar-refractivity contribution in [2.24, 2.45) is 47.3 Å². The number of nitrogens with two attached hydrogens (primary N) is 4. The van der Waals surface area contributed by atoms with Crippen LogP contribution < -0.4 is 42.5 Å². The van der Waals surface area contributed by atoms with Crippen LogP contribution in [0.2, 0.25) is 0 Å². The Balaban J connectivity index is 0.000000922. The van der Waals surface area contributed by atoms with Gasteiger partial charge in [-0.25, -0.2) is 0 Å². The van der Waals surface area contributed by atoms with Crippen LogP contribution in [0.1, 0.15) is 103 Å². The number of fused-ring (bicyclic) bond motifs is 20. The summed E-state index contributed by atoms with van der Waals surface area (Å²) in [5.41, 5.74) is 0. The van der Waals surface area contributed by atoms with E-state index in [9.17, 15) is 0 Å².